The third-order valence-corrected chi connectivity index (χ3v) is 3.89. The van der Waals surface area contributed by atoms with Crippen molar-refractivity contribution in [1.82, 2.24) is 10.6 Å². The Balaban J connectivity index is 2.10. The normalized spacial score (nSPS) is 24.0. The summed E-state index contributed by atoms with van der Waals surface area (Å²) in [6.45, 7) is 9.37. The molecule has 1 aliphatic rings. The molecule has 4 nitrogen and oxygen atoms in total. The molecule has 0 aromatic rings. The van der Waals surface area contributed by atoms with E-state index in [1.165, 1.54) is 38.5 Å². The first-order valence-corrected chi connectivity index (χ1v) is 8.11. The molecule has 0 radical (unpaired) electrons. The third kappa shape index (κ3) is 7.73. The van der Waals surface area contributed by atoms with Gasteiger partial charge in [0.05, 0.1) is 0 Å². The molecule has 1 amide bonds. The summed E-state index contributed by atoms with van der Waals surface area (Å²) in [4.78, 5) is 11.5. The Kier molecular flexibility index (Phi) is 7.35. The van der Waals surface area contributed by atoms with Gasteiger partial charge in [-0.15, -0.1) is 0 Å². The van der Waals surface area contributed by atoms with Crippen molar-refractivity contribution in [2.75, 3.05) is 13.1 Å². The molecule has 0 spiro atoms. The molecule has 1 aliphatic carbocycles. The summed E-state index contributed by atoms with van der Waals surface area (Å²) in [5.74, 6) is 0.918. The van der Waals surface area contributed by atoms with Crippen LogP contribution in [0.1, 0.15) is 66.2 Å². The number of rotatable bonds is 5. The van der Waals surface area contributed by atoms with Gasteiger partial charge in [0.1, 0.15) is 5.60 Å². The van der Waals surface area contributed by atoms with Gasteiger partial charge in [-0.1, -0.05) is 26.2 Å². The first-order chi connectivity index (χ1) is 9.40. The maximum absolute atomic E-state index is 11.5. The average molecular weight is 284 g/mol. The summed E-state index contributed by atoms with van der Waals surface area (Å²) >= 11 is 0. The van der Waals surface area contributed by atoms with Gasteiger partial charge in [-0.2, -0.15) is 0 Å². The minimum atomic E-state index is -0.423. The highest BCUT2D eigenvalue weighted by molar-refractivity contribution is 5.67. The van der Waals surface area contributed by atoms with E-state index in [9.17, 15) is 4.79 Å². The Bertz CT molecular complexity index is 287. The van der Waals surface area contributed by atoms with Crippen molar-refractivity contribution in [3.8, 4) is 0 Å². The van der Waals surface area contributed by atoms with Crippen LogP contribution in [-0.2, 0) is 4.74 Å². The van der Waals surface area contributed by atoms with Crippen LogP contribution in [0, 0.1) is 5.92 Å². The van der Waals surface area contributed by atoms with Crippen molar-refractivity contribution in [2.45, 2.75) is 77.9 Å². The number of carbonyl (C=O) groups is 1. The maximum atomic E-state index is 11.5. The highest BCUT2D eigenvalue weighted by Gasteiger charge is 2.18. The minimum absolute atomic E-state index is 0.328. The Morgan fingerprint density at radius 1 is 1.15 bits per heavy atom. The zero-order valence-electron chi connectivity index (χ0n) is 13.6. The molecule has 4 heteroatoms. The van der Waals surface area contributed by atoms with E-state index < -0.39 is 5.60 Å². The van der Waals surface area contributed by atoms with E-state index in [-0.39, 0.29) is 6.09 Å². The van der Waals surface area contributed by atoms with Gasteiger partial charge in [0.15, 0.2) is 0 Å². The van der Waals surface area contributed by atoms with E-state index in [4.69, 9.17) is 4.74 Å². The number of hydrogen-bond acceptors (Lipinski definition) is 3. The second kappa shape index (κ2) is 8.50. The molecule has 20 heavy (non-hydrogen) atoms. The topological polar surface area (TPSA) is 50.4 Å². The molecule has 1 rings (SSSR count). The van der Waals surface area contributed by atoms with Crippen LogP contribution in [0.4, 0.5) is 4.79 Å². The lowest BCUT2D eigenvalue weighted by Crippen LogP contribution is -2.39. The Hall–Kier alpha value is -0.770. The predicted octanol–water partition coefficient (Wildman–Crippen LogP) is 3.46. The van der Waals surface area contributed by atoms with E-state index >= 15 is 0 Å². The van der Waals surface area contributed by atoms with Crippen molar-refractivity contribution in [3.63, 3.8) is 0 Å². The van der Waals surface area contributed by atoms with Gasteiger partial charge >= 0.3 is 6.09 Å². The summed E-state index contributed by atoms with van der Waals surface area (Å²) < 4.78 is 5.20. The highest BCUT2D eigenvalue weighted by atomic mass is 16.6. The number of ether oxygens (including phenoxy) is 1. The van der Waals surface area contributed by atoms with Crippen LogP contribution in [0.25, 0.3) is 0 Å². The lowest BCUT2D eigenvalue weighted by molar-refractivity contribution is 0.0528. The third-order valence-electron chi connectivity index (χ3n) is 3.89. The molecule has 2 N–H and O–H groups in total. The average Bonchev–Trinajstić information content (AvgIpc) is 2.57. The molecule has 1 fully saturated rings. The van der Waals surface area contributed by atoms with Gasteiger partial charge in [0.2, 0.25) is 0 Å². The lowest BCUT2D eigenvalue weighted by atomic mass is 9.98. The van der Waals surface area contributed by atoms with Gasteiger partial charge in [-0.3, -0.25) is 0 Å². The van der Waals surface area contributed by atoms with Crippen molar-refractivity contribution in [1.29, 1.82) is 0 Å². The van der Waals surface area contributed by atoms with E-state index in [2.05, 4.69) is 17.6 Å². The van der Waals surface area contributed by atoms with Crippen LogP contribution in [0.5, 0.6) is 0 Å². The van der Waals surface area contributed by atoms with Crippen LogP contribution < -0.4 is 10.6 Å². The van der Waals surface area contributed by atoms with Gasteiger partial charge < -0.3 is 15.4 Å². The van der Waals surface area contributed by atoms with Crippen LogP contribution in [-0.4, -0.2) is 30.8 Å². The molecule has 118 valence electrons. The number of nitrogens with one attached hydrogen (secondary N) is 2. The predicted molar refractivity (Wildman–Crippen MR) is 82.9 cm³/mol. The van der Waals surface area contributed by atoms with E-state index in [1.54, 1.807) is 0 Å². The summed E-state index contributed by atoms with van der Waals surface area (Å²) in [5, 5.41) is 6.34. The molecule has 2 atom stereocenters. The minimum Gasteiger partial charge on any atom is -0.444 e. The second-order valence-corrected chi connectivity index (χ2v) is 6.86. The first kappa shape index (κ1) is 17.3. The Morgan fingerprint density at radius 2 is 1.90 bits per heavy atom. The van der Waals surface area contributed by atoms with Gasteiger partial charge in [0, 0.05) is 19.1 Å². The number of alkyl carbamates (subject to hydrolysis) is 1. The Morgan fingerprint density at radius 3 is 2.55 bits per heavy atom. The van der Waals surface area contributed by atoms with Crippen molar-refractivity contribution in [2.24, 2.45) is 5.92 Å². The zero-order chi connectivity index (χ0) is 15.0. The molecule has 0 aliphatic heterocycles. The molecule has 0 aromatic carbocycles. The molecule has 0 heterocycles. The Labute approximate surface area is 124 Å². The molecule has 1 saturated carbocycles. The maximum Gasteiger partial charge on any atom is 0.407 e. The van der Waals surface area contributed by atoms with Crippen LogP contribution in [0.2, 0.25) is 0 Å². The van der Waals surface area contributed by atoms with Crippen LogP contribution in [0.15, 0.2) is 0 Å². The SMILES string of the molecule is CCC1CCCC(NCCNC(=O)OC(C)(C)C)CC1. The van der Waals surface area contributed by atoms with Crippen LogP contribution in [0.3, 0.4) is 0 Å². The van der Waals surface area contributed by atoms with E-state index in [0.717, 1.165) is 12.5 Å². The lowest BCUT2D eigenvalue weighted by Gasteiger charge is -2.20. The van der Waals surface area contributed by atoms with Crippen molar-refractivity contribution >= 4 is 6.09 Å². The van der Waals surface area contributed by atoms with Gasteiger partial charge in [0.25, 0.3) is 0 Å². The van der Waals surface area contributed by atoms with Gasteiger partial charge in [-0.05, 0) is 46.0 Å². The van der Waals surface area contributed by atoms with Gasteiger partial charge in [-0.25, -0.2) is 4.79 Å². The monoisotopic (exact) mass is 284 g/mol. The van der Waals surface area contributed by atoms with E-state index in [0.29, 0.717) is 12.6 Å². The molecule has 0 aromatic heterocycles. The molecular weight excluding hydrogens is 252 g/mol. The quantitative estimate of drug-likeness (QED) is 0.600. The van der Waals surface area contributed by atoms with Crippen LogP contribution >= 0.6 is 0 Å². The molecule has 0 bridgehead atoms. The highest BCUT2D eigenvalue weighted by Crippen LogP contribution is 2.25. The second-order valence-electron chi connectivity index (χ2n) is 6.86. The molecule has 0 saturated heterocycles. The molecule has 2 unspecified atom stereocenters. The smallest absolute Gasteiger partial charge is 0.407 e. The summed E-state index contributed by atoms with van der Waals surface area (Å²) in [7, 11) is 0. The first-order valence-electron chi connectivity index (χ1n) is 8.11. The summed E-state index contributed by atoms with van der Waals surface area (Å²) in [6.07, 6.45) is 7.57. The number of carbonyl (C=O) groups excluding carboxylic acids is 1. The number of amides is 1. The fourth-order valence-corrected chi connectivity index (χ4v) is 2.75. The standard InChI is InChI=1S/C16H32N2O2/c1-5-13-7-6-8-14(10-9-13)17-11-12-18-15(19)20-16(2,3)4/h13-14,17H,5-12H2,1-4H3,(H,18,19). The van der Waals surface area contributed by atoms with E-state index in [1.807, 2.05) is 20.8 Å². The fourth-order valence-electron chi connectivity index (χ4n) is 2.75. The van der Waals surface area contributed by atoms with Crippen molar-refractivity contribution < 1.29 is 9.53 Å². The number of hydrogen-bond donors (Lipinski definition) is 2. The zero-order valence-corrected chi connectivity index (χ0v) is 13.6. The van der Waals surface area contributed by atoms with Crippen molar-refractivity contribution in [3.05, 3.63) is 0 Å². The largest absolute Gasteiger partial charge is 0.444 e. The summed E-state index contributed by atoms with van der Waals surface area (Å²) in [5.41, 5.74) is -0.423. The summed E-state index contributed by atoms with van der Waals surface area (Å²) in [6, 6.07) is 0.618. The fraction of sp³-hybridized carbons (Fsp3) is 0.938. The molecular formula is C16H32N2O2.